The lowest BCUT2D eigenvalue weighted by atomic mass is 10.1. The van der Waals surface area contributed by atoms with Crippen LogP contribution >= 0.6 is 0 Å². The lowest BCUT2D eigenvalue weighted by Crippen LogP contribution is -2.09. The molecule has 2 heterocycles. The molecule has 0 saturated heterocycles. The number of methoxy groups -OCH3 is 1. The molecule has 0 atom stereocenters. The van der Waals surface area contributed by atoms with Gasteiger partial charge in [0.25, 0.3) is 0 Å². The largest absolute Gasteiger partial charge is 0.497 e. The predicted octanol–water partition coefficient (Wildman–Crippen LogP) is 5.15. The molecule has 0 aliphatic heterocycles. The molecule has 164 valence electrons. The Kier molecular flexibility index (Phi) is 6.80. The second kappa shape index (κ2) is 10.1. The van der Waals surface area contributed by atoms with Crippen molar-refractivity contribution >= 4 is 29.0 Å². The normalized spacial score (nSPS) is 11.3. The summed E-state index contributed by atoms with van der Waals surface area (Å²) in [4.78, 5) is 9.66. The monoisotopic (exact) mass is 427 g/mol. The van der Waals surface area contributed by atoms with Gasteiger partial charge in [-0.1, -0.05) is 61.9 Å². The molecule has 0 fully saturated rings. The van der Waals surface area contributed by atoms with Crippen LogP contribution in [0.1, 0.15) is 36.0 Å². The third-order valence-electron chi connectivity index (χ3n) is 5.35. The molecule has 4 aromatic rings. The molecule has 0 saturated carbocycles. The topological polar surface area (TPSA) is 64.9 Å². The molecule has 1 N–H and O–H groups in total. The molecular formula is C26H29N5O. The molecule has 0 aliphatic carbocycles. The number of rotatable bonds is 9. The van der Waals surface area contributed by atoms with Crippen LogP contribution in [-0.2, 0) is 19.9 Å². The molecule has 2 aromatic carbocycles. The van der Waals surface area contributed by atoms with Crippen LogP contribution in [0.5, 0.6) is 5.75 Å². The Morgan fingerprint density at radius 3 is 2.47 bits per heavy atom. The number of fused-ring (bicyclic) bond motifs is 1. The SMILES string of the molecule is CCCc1nn(C)c2c(NCCc3ccc(OC)cc3)nc(/C=C/c3ccccc3)nc12. The van der Waals surface area contributed by atoms with Crippen LogP contribution in [0.3, 0.4) is 0 Å². The minimum atomic E-state index is 0.679. The number of nitrogens with zero attached hydrogens (tertiary/aromatic N) is 4. The fourth-order valence-corrected chi connectivity index (χ4v) is 3.71. The summed E-state index contributed by atoms with van der Waals surface area (Å²) in [5, 5.41) is 8.24. The molecule has 6 heteroatoms. The third-order valence-corrected chi connectivity index (χ3v) is 5.35. The van der Waals surface area contributed by atoms with Crippen molar-refractivity contribution in [1.29, 1.82) is 0 Å². The first-order valence-corrected chi connectivity index (χ1v) is 11.0. The van der Waals surface area contributed by atoms with Gasteiger partial charge in [0.15, 0.2) is 11.6 Å². The summed E-state index contributed by atoms with van der Waals surface area (Å²) < 4.78 is 7.14. The maximum atomic E-state index is 5.25. The van der Waals surface area contributed by atoms with Gasteiger partial charge in [-0.15, -0.1) is 0 Å². The van der Waals surface area contributed by atoms with Gasteiger partial charge in [-0.3, -0.25) is 4.68 Å². The average molecular weight is 428 g/mol. The van der Waals surface area contributed by atoms with E-state index in [2.05, 4.69) is 36.5 Å². The number of hydrogen-bond donors (Lipinski definition) is 1. The van der Waals surface area contributed by atoms with Crippen LogP contribution in [0.2, 0.25) is 0 Å². The fraction of sp³-hybridized carbons (Fsp3) is 0.269. The molecule has 4 rings (SSSR count). The van der Waals surface area contributed by atoms with E-state index in [1.165, 1.54) is 5.56 Å². The molecule has 32 heavy (non-hydrogen) atoms. The van der Waals surface area contributed by atoms with E-state index in [0.29, 0.717) is 5.82 Å². The van der Waals surface area contributed by atoms with Gasteiger partial charge in [0.2, 0.25) is 0 Å². The summed E-state index contributed by atoms with van der Waals surface area (Å²) >= 11 is 0. The Morgan fingerprint density at radius 1 is 0.969 bits per heavy atom. The van der Waals surface area contributed by atoms with E-state index in [1.54, 1.807) is 7.11 Å². The van der Waals surface area contributed by atoms with E-state index in [-0.39, 0.29) is 0 Å². The maximum absolute atomic E-state index is 5.25. The summed E-state index contributed by atoms with van der Waals surface area (Å²) in [6, 6.07) is 18.3. The van der Waals surface area contributed by atoms with Crippen molar-refractivity contribution in [2.24, 2.45) is 7.05 Å². The lowest BCUT2D eigenvalue weighted by Gasteiger charge is -2.09. The van der Waals surface area contributed by atoms with Crippen molar-refractivity contribution < 1.29 is 4.74 Å². The van der Waals surface area contributed by atoms with Gasteiger partial charge < -0.3 is 10.1 Å². The van der Waals surface area contributed by atoms with Crippen molar-refractivity contribution in [3.8, 4) is 5.75 Å². The fourth-order valence-electron chi connectivity index (χ4n) is 3.71. The second-order valence-electron chi connectivity index (χ2n) is 7.72. The molecule has 0 amide bonds. The minimum absolute atomic E-state index is 0.679. The number of hydrogen-bond acceptors (Lipinski definition) is 5. The zero-order valence-corrected chi connectivity index (χ0v) is 18.9. The molecule has 0 bridgehead atoms. The Bertz CT molecular complexity index is 1200. The molecule has 0 radical (unpaired) electrons. The Hall–Kier alpha value is -3.67. The summed E-state index contributed by atoms with van der Waals surface area (Å²) in [5.74, 6) is 2.36. The Labute approximate surface area is 189 Å². The molecule has 0 spiro atoms. The predicted molar refractivity (Wildman–Crippen MR) is 131 cm³/mol. The number of nitrogens with one attached hydrogen (secondary N) is 1. The van der Waals surface area contributed by atoms with Crippen LogP contribution in [-0.4, -0.2) is 33.4 Å². The number of aryl methyl sites for hydroxylation is 2. The van der Waals surface area contributed by atoms with E-state index in [4.69, 9.17) is 19.8 Å². The van der Waals surface area contributed by atoms with Gasteiger partial charge in [0.1, 0.15) is 16.8 Å². The number of anilines is 1. The van der Waals surface area contributed by atoms with E-state index in [1.807, 2.05) is 54.2 Å². The maximum Gasteiger partial charge on any atom is 0.156 e. The van der Waals surface area contributed by atoms with Crippen molar-refractivity contribution in [1.82, 2.24) is 19.7 Å². The zero-order chi connectivity index (χ0) is 22.3. The standard InChI is InChI=1S/C26H29N5O/c1-4-8-22-24-25(31(2)30-22)26(27-18-17-20-11-14-21(32-3)15-12-20)29-23(28-24)16-13-19-9-6-5-7-10-19/h5-7,9-16H,4,8,17-18H2,1-3H3,(H,27,28,29)/b16-13+. The van der Waals surface area contributed by atoms with Gasteiger partial charge in [-0.05, 0) is 42.2 Å². The number of aromatic nitrogens is 4. The van der Waals surface area contributed by atoms with Crippen molar-refractivity contribution in [3.63, 3.8) is 0 Å². The summed E-state index contributed by atoms with van der Waals surface area (Å²) in [7, 11) is 3.64. The van der Waals surface area contributed by atoms with Gasteiger partial charge in [0.05, 0.1) is 12.8 Å². The van der Waals surface area contributed by atoms with Crippen LogP contribution < -0.4 is 10.1 Å². The first-order valence-electron chi connectivity index (χ1n) is 11.0. The number of benzene rings is 2. The van der Waals surface area contributed by atoms with Crippen LogP contribution in [0, 0.1) is 0 Å². The lowest BCUT2D eigenvalue weighted by molar-refractivity contribution is 0.414. The Morgan fingerprint density at radius 2 is 1.75 bits per heavy atom. The highest BCUT2D eigenvalue weighted by Gasteiger charge is 2.16. The Balaban J connectivity index is 1.61. The zero-order valence-electron chi connectivity index (χ0n) is 18.9. The molecular weight excluding hydrogens is 398 g/mol. The van der Waals surface area contributed by atoms with Gasteiger partial charge in [-0.25, -0.2) is 9.97 Å². The summed E-state index contributed by atoms with van der Waals surface area (Å²) in [6.07, 6.45) is 6.79. The van der Waals surface area contributed by atoms with E-state index < -0.39 is 0 Å². The van der Waals surface area contributed by atoms with E-state index in [0.717, 1.165) is 59.7 Å². The highest BCUT2D eigenvalue weighted by molar-refractivity contribution is 5.89. The highest BCUT2D eigenvalue weighted by atomic mass is 16.5. The highest BCUT2D eigenvalue weighted by Crippen LogP contribution is 2.25. The van der Waals surface area contributed by atoms with E-state index >= 15 is 0 Å². The summed E-state index contributed by atoms with van der Waals surface area (Å²) in [6.45, 7) is 2.92. The van der Waals surface area contributed by atoms with Crippen LogP contribution in [0.25, 0.3) is 23.2 Å². The van der Waals surface area contributed by atoms with Crippen LogP contribution in [0.15, 0.2) is 54.6 Å². The first kappa shape index (κ1) is 21.6. The molecule has 0 unspecified atom stereocenters. The minimum Gasteiger partial charge on any atom is -0.497 e. The van der Waals surface area contributed by atoms with Gasteiger partial charge in [-0.2, -0.15) is 5.10 Å². The van der Waals surface area contributed by atoms with Crippen LogP contribution in [0.4, 0.5) is 5.82 Å². The summed E-state index contributed by atoms with van der Waals surface area (Å²) in [5.41, 5.74) is 5.23. The quantitative estimate of drug-likeness (QED) is 0.400. The van der Waals surface area contributed by atoms with Gasteiger partial charge in [0, 0.05) is 13.6 Å². The average Bonchev–Trinajstić information content (AvgIpc) is 3.14. The smallest absolute Gasteiger partial charge is 0.156 e. The molecule has 0 aliphatic rings. The van der Waals surface area contributed by atoms with Crippen molar-refractivity contribution in [2.75, 3.05) is 19.0 Å². The molecule has 6 nitrogen and oxygen atoms in total. The van der Waals surface area contributed by atoms with Crippen molar-refractivity contribution in [2.45, 2.75) is 26.2 Å². The third kappa shape index (κ3) is 4.97. The number of ether oxygens (including phenoxy) is 1. The molecule has 2 aromatic heterocycles. The second-order valence-corrected chi connectivity index (χ2v) is 7.72. The first-order chi connectivity index (χ1) is 15.7. The van der Waals surface area contributed by atoms with Gasteiger partial charge >= 0.3 is 0 Å². The van der Waals surface area contributed by atoms with E-state index in [9.17, 15) is 0 Å². The van der Waals surface area contributed by atoms with Crippen molar-refractivity contribution in [3.05, 3.63) is 77.2 Å².